The number of rotatable bonds is 5. The van der Waals surface area contributed by atoms with Gasteiger partial charge >= 0.3 is 0 Å². The van der Waals surface area contributed by atoms with E-state index in [4.69, 9.17) is 0 Å². The zero-order chi connectivity index (χ0) is 10.2. The summed E-state index contributed by atoms with van der Waals surface area (Å²) < 4.78 is 0. The van der Waals surface area contributed by atoms with Crippen molar-refractivity contribution in [1.82, 2.24) is 10.2 Å². The van der Waals surface area contributed by atoms with Gasteiger partial charge in [-0.05, 0) is 12.0 Å². The number of piperazine rings is 1. The molecular formula is C12H20N2. The summed E-state index contributed by atoms with van der Waals surface area (Å²) in [5, 5.41) is 3.35. The molecule has 0 aromatic rings. The van der Waals surface area contributed by atoms with Gasteiger partial charge in [-0.3, -0.25) is 0 Å². The third kappa shape index (κ3) is 3.90. The number of nitrogens with zero attached hydrogens (tertiary/aromatic N) is 1. The molecular weight excluding hydrogens is 172 g/mol. The lowest BCUT2D eigenvalue weighted by Gasteiger charge is -2.27. The zero-order valence-electron chi connectivity index (χ0n) is 8.84. The Morgan fingerprint density at radius 2 is 2.00 bits per heavy atom. The van der Waals surface area contributed by atoms with Crippen LogP contribution in [-0.2, 0) is 0 Å². The van der Waals surface area contributed by atoms with Crippen LogP contribution in [0.15, 0.2) is 37.0 Å². The van der Waals surface area contributed by atoms with E-state index in [9.17, 15) is 0 Å². The Morgan fingerprint density at radius 1 is 1.29 bits per heavy atom. The van der Waals surface area contributed by atoms with Crippen LogP contribution >= 0.6 is 0 Å². The highest BCUT2D eigenvalue weighted by molar-refractivity contribution is 5.21. The Balaban J connectivity index is 2.26. The smallest absolute Gasteiger partial charge is 0.0108 e. The minimum Gasteiger partial charge on any atom is -0.314 e. The van der Waals surface area contributed by atoms with Crippen LogP contribution in [0.1, 0.15) is 6.42 Å². The molecule has 1 saturated heterocycles. The summed E-state index contributed by atoms with van der Waals surface area (Å²) >= 11 is 0. The third-order valence-corrected chi connectivity index (χ3v) is 2.52. The van der Waals surface area contributed by atoms with Crippen molar-refractivity contribution >= 4 is 0 Å². The molecule has 0 bridgehead atoms. The Labute approximate surface area is 87.0 Å². The Morgan fingerprint density at radius 3 is 2.57 bits per heavy atom. The van der Waals surface area contributed by atoms with Gasteiger partial charge in [0.05, 0.1) is 0 Å². The summed E-state index contributed by atoms with van der Waals surface area (Å²) in [5.74, 6) is 0. The summed E-state index contributed by atoms with van der Waals surface area (Å²) in [5.41, 5.74) is 1.28. The third-order valence-electron chi connectivity index (χ3n) is 2.52. The number of hydrogen-bond donors (Lipinski definition) is 1. The molecule has 0 saturated carbocycles. The van der Waals surface area contributed by atoms with Crippen molar-refractivity contribution < 1.29 is 0 Å². The van der Waals surface area contributed by atoms with Gasteiger partial charge in [0.2, 0.25) is 0 Å². The lowest BCUT2D eigenvalue weighted by molar-refractivity contribution is 0.244. The molecule has 0 spiro atoms. The van der Waals surface area contributed by atoms with Crippen LogP contribution < -0.4 is 5.32 Å². The second kappa shape index (κ2) is 6.57. The lowest BCUT2D eigenvalue weighted by atomic mass is 10.1. The van der Waals surface area contributed by atoms with Gasteiger partial charge in [0, 0.05) is 32.7 Å². The molecule has 78 valence electrons. The molecule has 0 radical (unpaired) electrons. The van der Waals surface area contributed by atoms with Gasteiger partial charge in [-0.2, -0.15) is 0 Å². The number of hydrogen-bond acceptors (Lipinski definition) is 2. The molecule has 0 atom stereocenters. The molecule has 1 heterocycles. The fourth-order valence-corrected chi connectivity index (χ4v) is 1.63. The van der Waals surface area contributed by atoms with Crippen molar-refractivity contribution in [2.45, 2.75) is 6.42 Å². The molecule has 14 heavy (non-hydrogen) atoms. The average molecular weight is 192 g/mol. The molecule has 0 unspecified atom stereocenters. The topological polar surface area (TPSA) is 15.3 Å². The molecule has 0 amide bonds. The maximum Gasteiger partial charge on any atom is 0.0108 e. The van der Waals surface area contributed by atoms with Crippen LogP contribution in [0.25, 0.3) is 0 Å². The minimum atomic E-state index is 1.08. The van der Waals surface area contributed by atoms with E-state index in [1.165, 1.54) is 18.7 Å². The minimum absolute atomic E-state index is 1.08. The largest absolute Gasteiger partial charge is 0.314 e. The van der Waals surface area contributed by atoms with Gasteiger partial charge in [0.1, 0.15) is 0 Å². The SMILES string of the molecule is C=C/C=C(\C=C)CCN1CCNCC1. The first kappa shape index (κ1) is 11.2. The van der Waals surface area contributed by atoms with E-state index in [2.05, 4.69) is 23.4 Å². The standard InChI is InChI=1S/C12H20N2/c1-3-5-12(4-2)6-9-14-10-7-13-8-11-14/h3-5,13H,1-2,6-11H2/b12-5+. The van der Waals surface area contributed by atoms with E-state index in [-0.39, 0.29) is 0 Å². The highest BCUT2D eigenvalue weighted by atomic mass is 15.2. The van der Waals surface area contributed by atoms with Crippen LogP contribution in [0.2, 0.25) is 0 Å². The summed E-state index contributed by atoms with van der Waals surface area (Å²) in [7, 11) is 0. The summed E-state index contributed by atoms with van der Waals surface area (Å²) in [6, 6.07) is 0. The van der Waals surface area contributed by atoms with E-state index in [1.54, 1.807) is 0 Å². The van der Waals surface area contributed by atoms with Gasteiger partial charge in [-0.25, -0.2) is 0 Å². The molecule has 1 N–H and O–H groups in total. The van der Waals surface area contributed by atoms with Crippen LogP contribution in [0.5, 0.6) is 0 Å². The summed E-state index contributed by atoms with van der Waals surface area (Å²) in [6.07, 6.45) is 6.86. The van der Waals surface area contributed by atoms with Gasteiger partial charge in [0.15, 0.2) is 0 Å². The van der Waals surface area contributed by atoms with Crippen molar-refractivity contribution in [2.24, 2.45) is 0 Å². The zero-order valence-corrected chi connectivity index (χ0v) is 8.84. The predicted octanol–water partition coefficient (Wildman–Crippen LogP) is 1.58. The van der Waals surface area contributed by atoms with E-state index in [1.807, 2.05) is 18.2 Å². The van der Waals surface area contributed by atoms with E-state index in [0.29, 0.717) is 0 Å². The monoisotopic (exact) mass is 192 g/mol. The predicted molar refractivity (Wildman–Crippen MR) is 62.4 cm³/mol. The van der Waals surface area contributed by atoms with Crippen LogP contribution in [0.3, 0.4) is 0 Å². The van der Waals surface area contributed by atoms with Gasteiger partial charge in [0.25, 0.3) is 0 Å². The van der Waals surface area contributed by atoms with Crippen LogP contribution in [0.4, 0.5) is 0 Å². The van der Waals surface area contributed by atoms with Gasteiger partial charge in [-0.15, -0.1) is 0 Å². The molecule has 1 fully saturated rings. The highest BCUT2D eigenvalue weighted by Crippen LogP contribution is 2.05. The molecule has 0 aromatic heterocycles. The first-order valence-corrected chi connectivity index (χ1v) is 5.24. The molecule has 1 rings (SSSR count). The number of allylic oxidation sites excluding steroid dienone is 3. The lowest BCUT2D eigenvalue weighted by Crippen LogP contribution is -2.43. The second-order valence-electron chi connectivity index (χ2n) is 3.52. The fraction of sp³-hybridized carbons (Fsp3) is 0.500. The number of nitrogens with one attached hydrogen (secondary N) is 1. The first-order valence-electron chi connectivity index (χ1n) is 5.24. The maximum atomic E-state index is 3.80. The van der Waals surface area contributed by atoms with Crippen molar-refractivity contribution in [1.29, 1.82) is 0 Å². The molecule has 2 nitrogen and oxygen atoms in total. The van der Waals surface area contributed by atoms with E-state index < -0.39 is 0 Å². The average Bonchev–Trinajstić information content (AvgIpc) is 2.25. The highest BCUT2D eigenvalue weighted by Gasteiger charge is 2.08. The van der Waals surface area contributed by atoms with E-state index in [0.717, 1.165) is 26.1 Å². The Bertz CT molecular complexity index is 212. The van der Waals surface area contributed by atoms with Crippen molar-refractivity contribution in [3.05, 3.63) is 37.0 Å². The van der Waals surface area contributed by atoms with Gasteiger partial charge < -0.3 is 10.2 Å². The van der Waals surface area contributed by atoms with Crippen molar-refractivity contribution in [3.63, 3.8) is 0 Å². The van der Waals surface area contributed by atoms with Crippen LogP contribution in [0, 0.1) is 0 Å². The molecule has 2 heteroatoms. The summed E-state index contributed by atoms with van der Waals surface area (Å²) in [6.45, 7) is 13.2. The quantitative estimate of drug-likeness (QED) is 0.665. The second-order valence-corrected chi connectivity index (χ2v) is 3.52. The van der Waals surface area contributed by atoms with Crippen LogP contribution in [-0.4, -0.2) is 37.6 Å². The van der Waals surface area contributed by atoms with E-state index >= 15 is 0 Å². The molecule has 0 aliphatic carbocycles. The Hall–Kier alpha value is -0.860. The first-order chi connectivity index (χ1) is 6.86. The normalized spacial score (nSPS) is 19.3. The maximum absolute atomic E-state index is 3.80. The summed E-state index contributed by atoms with van der Waals surface area (Å²) in [4.78, 5) is 2.48. The van der Waals surface area contributed by atoms with Crippen molar-refractivity contribution in [3.8, 4) is 0 Å². The molecule has 0 aromatic carbocycles. The molecule has 1 aliphatic rings. The van der Waals surface area contributed by atoms with Crippen molar-refractivity contribution in [2.75, 3.05) is 32.7 Å². The van der Waals surface area contributed by atoms with Gasteiger partial charge in [-0.1, -0.05) is 31.4 Å². The Kier molecular flexibility index (Phi) is 5.27. The molecule has 1 aliphatic heterocycles. The fourth-order valence-electron chi connectivity index (χ4n) is 1.63.